The Labute approximate surface area is 160 Å². The lowest BCUT2D eigenvalue weighted by Crippen LogP contribution is -2.39. The maximum atomic E-state index is 12.9. The number of amides is 2. The van der Waals surface area contributed by atoms with Crippen molar-refractivity contribution in [3.8, 4) is 0 Å². The Bertz CT molecular complexity index is 916. The molecule has 3 rings (SSSR count). The maximum Gasteiger partial charge on any atom is 0.274 e. The van der Waals surface area contributed by atoms with E-state index in [0.29, 0.717) is 35.7 Å². The lowest BCUT2D eigenvalue weighted by atomic mass is 10.2. The average Bonchev–Trinajstić information content (AvgIpc) is 3.19. The molecule has 0 aliphatic rings. The molecule has 0 atom stereocenters. The van der Waals surface area contributed by atoms with Crippen LogP contribution in [0.5, 0.6) is 0 Å². The van der Waals surface area contributed by atoms with Gasteiger partial charge in [0.05, 0.1) is 17.2 Å². The summed E-state index contributed by atoms with van der Waals surface area (Å²) in [5, 5.41) is 4.95. The van der Waals surface area contributed by atoms with Crippen LogP contribution in [0.1, 0.15) is 16.9 Å². The molecule has 0 aliphatic carbocycles. The van der Waals surface area contributed by atoms with Gasteiger partial charge in [0, 0.05) is 31.8 Å². The van der Waals surface area contributed by atoms with Crippen molar-refractivity contribution in [1.82, 2.24) is 19.9 Å². The van der Waals surface area contributed by atoms with Crippen LogP contribution in [0.25, 0.3) is 11.0 Å². The smallest absolute Gasteiger partial charge is 0.274 e. The topological polar surface area (TPSA) is 97.3 Å². The molecule has 8 nitrogen and oxygen atoms in total. The molecule has 140 valence electrons. The van der Waals surface area contributed by atoms with Crippen LogP contribution in [0.15, 0.2) is 42.0 Å². The molecule has 0 bridgehead atoms. The van der Waals surface area contributed by atoms with E-state index >= 15 is 0 Å². The molecule has 27 heavy (non-hydrogen) atoms. The molecule has 0 radical (unpaired) electrons. The summed E-state index contributed by atoms with van der Waals surface area (Å²) in [5.74, 6) is -0.664. The number of nitrogens with one attached hydrogen (secondary N) is 1. The number of methoxy groups -OCH3 is 1. The van der Waals surface area contributed by atoms with Crippen molar-refractivity contribution in [3.63, 3.8) is 0 Å². The van der Waals surface area contributed by atoms with E-state index in [1.54, 1.807) is 24.8 Å². The van der Waals surface area contributed by atoms with Gasteiger partial charge in [-0.25, -0.2) is 9.97 Å². The molecule has 0 unspecified atom stereocenters. The number of rotatable bonds is 8. The first kappa shape index (κ1) is 18.9. The van der Waals surface area contributed by atoms with Crippen LogP contribution in [0.2, 0.25) is 0 Å². The third-order valence-corrected chi connectivity index (χ3v) is 4.43. The van der Waals surface area contributed by atoms with E-state index in [0.717, 1.165) is 0 Å². The molecular formula is C18H19N5O3S. The van der Waals surface area contributed by atoms with Gasteiger partial charge in [-0.3, -0.25) is 14.6 Å². The normalized spacial score (nSPS) is 10.7. The van der Waals surface area contributed by atoms with E-state index in [1.165, 1.54) is 22.4 Å². The molecule has 0 spiro atoms. The summed E-state index contributed by atoms with van der Waals surface area (Å²) in [4.78, 5) is 39.3. The van der Waals surface area contributed by atoms with E-state index < -0.39 is 0 Å². The highest BCUT2D eigenvalue weighted by Crippen LogP contribution is 2.12. The van der Waals surface area contributed by atoms with E-state index in [9.17, 15) is 9.59 Å². The van der Waals surface area contributed by atoms with Gasteiger partial charge < -0.3 is 15.0 Å². The van der Waals surface area contributed by atoms with Crippen LogP contribution in [-0.2, 0) is 9.53 Å². The van der Waals surface area contributed by atoms with E-state index in [1.807, 2.05) is 18.2 Å². The Hall–Kier alpha value is -2.91. The monoisotopic (exact) mass is 385 g/mol. The third kappa shape index (κ3) is 5.05. The van der Waals surface area contributed by atoms with Gasteiger partial charge in [0.25, 0.3) is 5.91 Å². The van der Waals surface area contributed by atoms with Crippen molar-refractivity contribution >= 4 is 39.3 Å². The summed E-state index contributed by atoms with van der Waals surface area (Å²) in [5.41, 5.74) is 1.54. The maximum absolute atomic E-state index is 12.9. The Morgan fingerprint density at radius 2 is 2.04 bits per heavy atom. The molecule has 1 N–H and O–H groups in total. The number of fused-ring (bicyclic) bond motifs is 1. The van der Waals surface area contributed by atoms with Crippen molar-refractivity contribution in [2.24, 2.45) is 0 Å². The number of carbonyl (C=O) groups is 2. The van der Waals surface area contributed by atoms with Gasteiger partial charge in [-0.1, -0.05) is 12.1 Å². The van der Waals surface area contributed by atoms with Crippen LogP contribution in [0.4, 0.5) is 5.13 Å². The average molecular weight is 385 g/mol. The minimum atomic E-state index is -0.348. The van der Waals surface area contributed by atoms with Crippen LogP contribution in [0.3, 0.4) is 0 Å². The van der Waals surface area contributed by atoms with Gasteiger partial charge in [-0.2, -0.15) is 0 Å². The minimum absolute atomic E-state index is 0.101. The fraction of sp³-hybridized carbons (Fsp3) is 0.278. The van der Waals surface area contributed by atoms with Crippen LogP contribution >= 0.6 is 11.3 Å². The molecule has 0 fully saturated rings. The first-order chi connectivity index (χ1) is 13.2. The minimum Gasteiger partial charge on any atom is -0.385 e. The number of benzene rings is 1. The standard InChI is InChI=1S/C18H19N5O3S/c1-26-9-4-8-23(12-16(24)22-18-19-7-10-27-18)17(25)15-11-20-13-5-2-3-6-14(13)21-15/h2-3,5-7,10-11H,4,8-9,12H2,1H3,(H,19,22,24). The molecule has 2 amide bonds. The number of anilines is 1. The van der Waals surface area contributed by atoms with Crippen molar-refractivity contribution in [3.05, 3.63) is 47.7 Å². The number of nitrogens with zero attached hydrogens (tertiary/aromatic N) is 4. The zero-order valence-corrected chi connectivity index (χ0v) is 15.6. The Morgan fingerprint density at radius 1 is 1.22 bits per heavy atom. The summed E-state index contributed by atoms with van der Waals surface area (Å²) in [6, 6.07) is 7.32. The second kappa shape index (κ2) is 9.15. The molecule has 0 saturated heterocycles. The first-order valence-corrected chi connectivity index (χ1v) is 9.24. The Morgan fingerprint density at radius 3 is 2.78 bits per heavy atom. The molecule has 0 saturated carbocycles. The molecular weight excluding hydrogens is 366 g/mol. The van der Waals surface area contributed by atoms with Crippen LogP contribution in [-0.4, -0.2) is 58.5 Å². The van der Waals surface area contributed by atoms with Gasteiger partial charge in [-0.05, 0) is 18.6 Å². The van der Waals surface area contributed by atoms with E-state index in [4.69, 9.17) is 4.74 Å². The van der Waals surface area contributed by atoms with Crippen LogP contribution < -0.4 is 5.32 Å². The number of hydrogen-bond donors (Lipinski definition) is 1. The lowest BCUT2D eigenvalue weighted by Gasteiger charge is -2.21. The van der Waals surface area contributed by atoms with Crippen molar-refractivity contribution in [2.45, 2.75) is 6.42 Å². The van der Waals surface area contributed by atoms with Gasteiger partial charge in [0.15, 0.2) is 5.13 Å². The highest BCUT2D eigenvalue weighted by atomic mass is 32.1. The molecule has 2 heterocycles. The zero-order chi connectivity index (χ0) is 19.1. The first-order valence-electron chi connectivity index (χ1n) is 8.36. The van der Waals surface area contributed by atoms with E-state index in [-0.39, 0.29) is 24.1 Å². The number of ether oxygens (including phenoxy) is 1. The Balaban J connectivity index is 1.75. The number of para-hydroxylation sites is 2. The molecule has 1 aromatic carbocycles. The number of thiazole rings is 1. The molecule has 0 aliphatic heterocycles. The fourth-order valence-electron chi connectivity index (χ4n) is 2.49. The lowest BCUT2D eigenvalue weighted by molar-refractivity contribution is -0.116. The van der Waals surface area contributed by atoms with Gasteiger partial charge in [0.1, 0.15) is 12.2 Å². The second-order valence-corrected chi connectivity index (χ2v) is 6.60. The molecule has 3 aromatic rings. The highest BCUT2D eigenvalue weighted by molar-refractivity contribution is 7.13. The van der Waals surface area contributed by atoms with Crippen molar-refractivity contribution in [1.29, 1.82) is 0 Å². The molecule has 2 aromatic heterocycles. The summed E-state index contributed by atoms with van der Waals surface area (Å²) < 4.78 is 5.05. The quantitative estimate of drug-likeness (QED) is 0.597. The van der Waals surface area contributed by atoms with Gasteiger partial charge >= 0.3 is 0 Å². The zero-order valence-electron chi connectivity index (χ0n) is 14.8. The summed E-state index contributed by atoms with van der Waals surface area (Å²) >= 11 is 1.32. The second-order valence-electron chi connectivity index (χ2n) is 5.70. The summed E-state index contributed by atoms with van der Waals surface area (Å²) in [6.45, 7) is 0.754. The SMILES string of the molecule is COCCCN(CC(=O)Nc1nccs1)C(=O)c1cnc2ccccc2n1. The molecule has 9 heteroatoms. The predicted octanol–water partition coefficient (Wildman–Crippen LogP) is 2.20. The number of hydrogen-bond acceptors (Lipinski definition) is 7. The number of aromatic nitrogens is 3. The van der Waals surface area contributed by atoms with E-state index in [2.05, 4.69) is 20.3 Å². The van der Waals surface area contributed by atoms with Gasteiger partial charge in [0.2, 0.25) is 5.91 Å². The van der Waals surface area contributed by atoms with Crippen molar-refractivity contribution < 1.29 is 14.3 Å². The highest BCUT2D eigenvalue weighted by Gasteiger charge is 2.21. The fourth-order valence-corrected chi connectivity index (χ4v) is 3.04. The Kier molecular flexibility index (Phi) is 6.39. The summed E-state index contributed by atoms with van der Waals surface area (Å²) in [7, 11) is 1.59. The largest absolute Gasteiger partial charge is 0.385 e. The summed E-state index contributed by atoms with van der Waals surface area (Å²) in [6.07, 6.45) is 3.65. The predicted molar refractivity (Wildman–Crippen MR) is 103 cm³/mol. The number of carbonyl (C=O) groups excluding carboxylic acids is 2. The van der Waals surface area contributed by atoms with Crippen LogP contribution in [0, 0.1) is 0 Å². The van der Waals surface area contributed by atoms with Crippen molar-refractivity contribution in [2.75, 3.05) is 32.1 Å². The third-order valence-electron chi connectivity index (χ3n) is 3.74. The van der Waals surface area contributed by atoms with Gasteiger partial charge in [-0.15, -0.1) is 11.3 Å².